The summed E-state index contributed by atoms with van der Waals surface area (Å²) < 4.78 is 11.3. The molecular weight excluding hydrogens is 356 g/mol. The van der Waals surface area contributed by atoms with E-state index in [1.165, 1.54) is 0 Å². The number of morpholine rings is 1. The lowest BCUT2D eigenvalue weighted by atomic mass is 10.1. The SMILES string of the molecule is CC1CN(c2c(CO)nc3c(-c4ccccn4)noc3c2Cl)CC(C)O1. The Balaban J connectivity index is 1.86. The predicted octanol–water partition coefficient (Wildman–Crippen LogP) is 3.04. The number of halogens is 1. The number of rotatable bonds is 3. The number of aromatic nitrogens is 3. The molecule has 0 spiro atoms. The first-order valence-electron chi connectivity index (χ1n) is 8.49. The summed E-state index contributed by atoms with van der Waals surface area (Å²) in [5.41, 5.74) is 3.20. The highest BCUT2D eigenvalue weighted by molar-refractivity contribution is 6.37. The third-order valence-corrected chi connectivity index (χ3v) is 4.74. The van der Waals surface area contributed by atoms with Crippen LogP contribution in [0.5, 0.6) is 0 Å². The van der Waals surface area contributed by atoms with Gasteiger partial charge in [0.05, 0.1) is 35.9 Å². The highest BCUT2D eigenvalue weighted by Crippen LogP contribution is 2.39. The molecule has 0 aliphatic carbocycles. The lowest BCUT2D eigenvalue weighted by Crippen LogP contribution is -2.46. The molecule has 8 heteroatoms. The first-order valence-corrected chi connectivity index (χ1v) is 8.86. The van der Waals surface area contributed by atoms with Gasteiger partial charge in [-0.3, -0.25) is 4.98 Å². The van der Waals surface area contributed by atoms with Crippen LogP contribution in [0.1, 0.15) is 19.5 Å². The molecule has 0 amide bonds. The van der Waals surface area contributed by atoms with Crippen molar-refractivity contribution in [3.05, 3.63) is 35.1 Å². The molecule has 0 aromatic carbocycles. The van der Waals surface area contributed by atoms with Crippen molar-refractivity contribution in [2.75, 3.05) is 18.0 Å². The molecule has 1 aliphatic heterocycles. The first kappa shape index (κ1) is 17.2. The number of hydrogen-bond acceptors (Lipinski definition) is 7. The Hall–Kier alpha value is -2.22. The van der Waals surface area contributed by atoms with Gasteiger partial charge in [-0.05, 0) is 26.0 Å². The van der Waals surface area contributed by atoms with E-state index in [-0.39, 0.29) is 18.8 Å². The van der Waals surface area contributed by atoms with Crippen LogP contribution in [0.3, 0.4) is 0 Å². The molecule has 0 bridgehead atoms. The molecule has 3 aromatic rings. The Morgan fingerprint density at radius 1 is 1.27 bits per heavy atom. The highest BCUT2D eigenvalue weighted by atomic mass is 35.5. The fraction of sp³-hybridized carbons (Fsp3) is 0.389. The van der Waals surface area contributed by atoms with Gasteiger partial charge in [0.15, 0.2) is 5.69 Å². The van der Waals surface area contributed by atoms with E-state index in [0.29, 0.717) is 52.0 Å². The van der Waals surface area contributed by atoms with Gasteiger partial charge in [-0.1, -0.05) is 22.8 Å². The zero-order valence-electron chi connectivity index (χ0n) is 14.5. The Bertz CT molecular complexity index is 921. The van der Waals surface area contributed by atoms with E-state index in [1.54, 1.807) is 6.20 Å². The van der Waals surface area contributed by atoms with Gasteiger partial charge in [-0.2, -0.15) is 0 Å². The number of nitrogens with zero attached hydrogens (tertiary/aromatic N) is 4. The van der Waals surface area contributed by atoms with Gasteiger partial charge in [-0.15, -0.1) is 0 Å². The van der Waals surface area contributed by atoms with Gasteiger partial charge in [0.1, 0.15) is 10.5 Å². The number of ether oxygens (including phenoxy) is 1. The van der Waals surface area contributed by atoms with E-state index in [9.17, 15) is 5.11 Å². The molecule has 2 unspecified atom stereocenters. The minimum Gasteiger partial charge on any atom is -0.390 e. The molecule has 0 radical (unpaired) electrons. The van der Waals surface area contributed by atoms with Crippen molar-refractivity contribution in [1.82, 2.24) is 15.1 Å². The van der Waals surface area contributed by atoms with Gasteiger partial charge in [0.25, 0.3) is 0 Å². The topological polar surface area (TPSA) is 84.5 Å². The van der Waals surface area contributed by atoms with Crippen molar-refractivity contribution in [2.45, 2.75) is 32.7 Å². The maximum atomic E-state index is 9.92. The summed E-state index contributed by atoms with van der Waals surface area (Å²) in [4.78, 5) is 11.0. The minimum absolute atomic E-state index is 0.0517. The summed E-state index contributed by atoms with van der Waals surface area (Å²) in [7, 11) is 0. The molecule has 136 valence electrons. The van der Waals surface area contributed by atoms with Crippen molar-refractivity contribution in [1.29, 1.82) is 0 Å². The summed E-state index contributed by atoms with van der Waals surface area (Å²) in [6, 6.07) is 5.51. The highest BCUT2D eigenvalue weighted by Gasteiger charge is 2.29. The molecule has 26 heavy (non-hydrogen) atoms. The van der Waals surface area contributed by atoms with Crippen molar-refractivity contribution in [3.63, 3.8) is 0 Å². The quantitative estimate of drug-likeness (QED) is 0.754. The number of aliphatic hydroxyl groups is 1. The number of fused-ring (bicyclic) bond motifs is 1. The van der Waals surface area contributed by atoms with Crippen LogP contribution in [0, 0.1) is 0 Å². The van der Waals surface area contributed by atoms with Crippen molar-refractivity contribution in [2.24, 2.45) is 0 Å². The van der Waals surface area contributed by atoms with Crippen LogP contribution in [0.25, 0.3) is 22.5 Å². The second kappa shape index (κ2) is 6.83. The van der Waals surface area contributed by atoms with Crippen molar-refractivity contribution in [3.8, 4) is 11.4 Å². The molecule has 4 heterocycles. The van der Waals surface area contributed by atoms with Crippen LogP contribution in [-0.4, -0.2) is 45.5 Å². The van der Waals surface area contributed by atoms with E-state index in [4.69, 9.17) is 20.9 Å². The number of anilines is 1. The van der Waals surface area contributed by atoms with E-state index >= 15 is 0 Å². The summed E-state index contributed by atoms with van der Waals surface area (Å²) in [5, 5.41) is 14.4. The molecule has 2 atom stereocenters. The predicted molar refractivity (Wildman–Crippen MR) is 98.2 cm³/mol. The summed E-state index contributed by atoms with van der Waals surface area (Å²) in [6.45, 7) is 5.10. The third-order valence-electron chi connectivity index (χ3n) is 4.39. The van der Waals surface area contributed by atoms with E-state index in [2.05, 4.69) is 20.0 Å². The van der Waals surface area contributed by atoms with E-state index < -0.39 is 0 Å². The average molecular weight is 375 g/mol. The normalized spacial score (nSPS) is 20.7. The molecular formula is C18H19ClN4O3. The fourth-order valence-electron chi connectivity index (χ4n) is 3.42. The number of aliphatic hydroxyl groups excluding tert-OH is 1. The number of pyridine rings is 2. The van der Waals surface area contributed by atoms with E-state index in [0.717, 1.165) is 0 Å². The zero-order valence-corrected chi connectivity index (χ0v) is 15.3. The van der Waals surface area contributed by atoms with Gasteiger partial charge in [0.2, 0.25) is 5.58 Å². The van der Waals surface area contributed by atoms with Crippen LogP contribution >= 0.6 is 11.6 Å². The van der Waals surface area contributed by atoms with Crippen LogP contribution in [0.4, 0.5) is 5.69 Å². The summed E-state index contributed by atoms with van der Waals surface area (Å²) in [6.07, 6.45) is 1.78. The average Bonchev–Trinajstić information content (AvgIpc) is 3.05. The third kappa shape index (κ3) is 2.92. The lowest BCUT2D eigenvalue weighted by molar-refractivity contribution is -0.00533. The summed E-state index contributed by atoms with van der Waals surface area (Å²) in [5.74, 6) is 0. The van der Waals surface area contributed by atoms with Gasteiger partial charge >= 0.3 is 0 Å². The smallest absolute Gasteiger partial charge is 0.206 e. The molecule has 3 aromatic heterocycles. The number of hydrogen-bond donors (Lipinski definition) is 1. The van der Waals surface area contributed by atoms with Crippen LogP contribution < -0.4 is 4.90 Å². The Kier molecular flexibility index (Phi) is 4.52. The molecule has 1 aliphatic rings. The Morgan fingerprint density at radius 2 is 2.04 bits per heavy atom. The molecule has 1 saturated heterocycles. The monoisotopic (exact) mass is 374 g/mol. The minimum atomic E-state index is -0.238. The molecule has 1 fully saturated rings. The maximum Gasteiger partial charge on any atom is 0.206 e. The molecule has 0 saturated carbocycles. The second-order valence-corrected chi connectivity index (χ2v) is 6.84. The van der Waals surface area contributed by atoms with Crippen LogP contribution in [-0.2, 0) is 11.3 Å². The molecule has 1 N–H and O–H groups in total. The zero-order chi connectivity index (χ0) is 18.3. The van der Waals surface area contributed by atoms with Crippen molar-refractivity contribution >= 4 is 28.4 Å². The van der Waals surface area contributed by atoms with Crippen molar-refractivity contribution < 1.29 is 14.4 Å². The van der Waals surface area contributed by atoms with Gasteiger partial charge < -0.3 is 19.3 Å². The first-order chi connectivity index (χ1) is 12.6. The maximum absolute atomic E-state index is 9.92. The summed E-state index contributed by atoms with van der Waals surface area (Å²) >= 11 is 6.67. The molecule has 7 nitrogen and oxygen atoms in total. The second-order valence-electron chi connectivity index (χ2n) is 6.47. The fourth-order valence-corrected chi connectivity index (χ4v) is 3.77. The lowest BCUT2D eigenvalue weighted by Gasteiger charge is -2.37. The van der Waals surface area contributed by atoms with E-state index in [1.807, 2.05) is 32.0 Å². The standard InChI is InChI=1S/C18H19ClN4O3/c1-10-7-23(8-11(2)25-10)17-13(9-24)21-16-15(12-5-3-4-6-20-12)22-26-18(16)14(17)19/h3-6,10-11,24H,7-9H2,1-2H3. The van der Waals surface area contributed by atoms with Crippen LogP contribution in [0.15, 0.2) is 28.9 Å². The Morgan fingerprint density at radius 3 is 2.69 bits per heavy atom. The Labute approximate surface area is 155 Å². The van der Waals surface area contributed by atoms with Gasteiger partial charge in [-0.25, -0.2) is 4.98 Å². The largest absolute Gasteiger partial charge is 0.390 e. The molecule has 4 rings (SSSR count). The van der Waals surface area contributed by atoms with Crippen LogP contribution in [0.2, 0.25) is 5.02 Å². The van der Waals surface area contributed by atoms with Gasteiger partial charge in [0, 0.05) is 19.3 Å².